The molecule has 2 aliphatic carbocycles. The summed E-state index contributed by atoms with van der Waals surface area (Å²) in [5.74, 6) is -2.01. The van der Waals surface area contributed by atoms with Crippen molar-refractivity contribution >= 4 is 23.5 Å². The summed E-state index contributed by atoms with van der Waals surface area (Å²) >= 11 is 0. The summed E-state index contributed by atoms with van der Waals surface area (Å²) in [6, 6.07) is 4.38. The molecule has 5 heteroatoms. The number of carbonyl (C=O) groups excluding carboxylic acids is 3. The highest BCUT2D eigenvalue weighted by Crippen LogP contribution is 2.53. The van der Waals surface area contributed by atoms with E-state index in [1.165, 1.54) is 17.0 Å². The fraction of sp³-hybridized carbons (Fsp3) is 0.353. The number of carboxylic acids is 1. The van der Waals surface area contributed by atoms with E-state index in [2.05, 4.69) is 0 Å². The number of allylic oxidation sites excluding steroid dienone is 2. The molecule has 112 valence electrons. The molecule has 0 N–H and O–H groups in total. The Morgan fingerprint density at radius 2 is 1.73 bits per heavy atom. The van der Waals surface area contributed by atoms with Gasteiger partial charge in [0.15, 0.2) is 0 Å². The van der Waals surface area contributed by atoms with Crippen molar-refractivity contribution in [3.63, 3.8) is 0 Å². The van der Waals surface area contributed by atoms with Gasteiger partial charge in [-0.25, -0.2) is 4.90 Å². The first-order chi connectivity index (χ1) is 10.5. The molecule has 2 amide bonds. The molecule has 0 spiro atoms. The molecule has 0 aromatic heterocycles. The monoisotopic (exact) mass is 296 g/mol. The third-order valence-corrected chi connectivity index (χ3v) is 5.16. The minimum absolute atomic E-state index is 0.0284. The lowest BCUT2D eigenvalue weighted by atomic mass is 9.85. The van der Waals surface area contributed by atoms with E-state index >= 15 is 0 Å². The number of anilines is 1. The van der Waals surface area contributed by atoms with Crippen molar-refractivity contribution in [3.05, 3.63) is 41.5 Å². The van der Waals surface area contributed by atoms with Gasteiger partial charge >= 0.3 is 0 Å². The standard InChI is InChI=1S/C17H15NO4/c1-8-2-3-11(17(21)22)7-12(8)18-15(19)13-9-4-5-10(6-9)14(13)16(18)20/h2-5,7,9-10,13-14H,6H2,1H3,(H,21,22)/p-1/t9-,10+,13-,14-/m0/s1. The van der Waals surface area contributed by atoms with E-state index in [1.54, 1.807) is 13.0 Å². The van der Waals surface area contributed by atoms with Crippen LogP contribution in [0.4, 0.5) is 5.69 Å². The molecular formula is C17H14NO4-. The van der Waals surface area contributed by atoms with Crippen LogP contribution in [-0.4, -0.2) is 17.8 Å². The van der Waals surface area contributed by atoms with E-state index in [-0.39, 0.29) is 41.0 Å². The van der Waals surface area contributed by atoms with Gasteiger partial charge in [0.1, 0.15) is 0 Å². The fourth-order valence-corrected chi connectivity index (χ4v) is 4.12. The molecule has 5 nitrogen and oxygen atoms in total. The lowest BCUT2D eigenvalue weighted by Crippen LogP contribution is -2.34. The zero-order chi connectivity index (χ0) is 15.6. The molecule has 1 saturated carbocycles. The molecule has 1 heterocycles. The van der Waals surface area contributed by atoms with E-state index in [0.29, 0.717) is 11.3 Å². The number of hydrogen-bond acceptors (Lipinski definition) is 4. The third kappa shape index (κ3) is 1.56. The second-order valence-corrected chi connectivity index (χ2v) is 6.30. The van der Waals surface area contributed by atoms with Crippen LogP contribution in [0.3, 0.4) is 0 Å². The van der Waals surface area contributed by atoms with Gasteiger partial charge in [0.2, 0.25) is 11.8 Å². The van der Waals surface area contributed by atoms with Gasteiger partial charge in [-0.2, -0.15) is 0 Å². The van der Waals surface area contributed by atoms with Gasteiger partial charge in [0.05, 0.1) is 23.5 Å². The molecule has 1 aromatic rings. The van der Waals surface area contributed by atoms with Crippen LogP contribution in [0.15, 0.2) is 30.4 Å². The average molecular weight is 296 g/mol. The number of carboxylic acid groups (broad SMARTS) is 1. The highest BCUT2D eigenvalue weighted by molar-refractivity contribution is 6.23. The van der Waals surface area contributed by atoms with Crippen molar-refractivity contribution in [2.75, 3.05) is 4.90 Å². The number of benzene rings is 1. The second kappa shape index (κ2) is 4.29. The maximum absolute atomic E-state index is 12.7. The highest BCUT2D eigenvalue weighted by atomic mass is 16.4. The first-order valence-corrected chi connectivity index (χ1v) is 7.37. The normalized spacial score (nSPS) is 32.0. The lowest BCUT2D eigenvalue weighted by molar-refractivity contribution is -0.255. The minimum Gasteiger partial charge on any atom is -0.545 e. The van der Waals surface area contributed by atoms with E-state index in [9.17, 15) is 19.5 Å². The Balaban J connectivity index is 1.79. The van der Waals surface area contributed by atoms with E-state index in [4.69, 9.17) is 0 Å². The SMILES string of the molecule is Cc1ccc(C(=O)[O-])cc1N1C(=O)[C@@H]2[C@@H](C1=O)[C@H]1C=C[C@@H]2C1. The number of aryl methyl sites for hydroxylation is 1. The summed E-state index contributed by atoms with van der Waals surface area (Å²) in [5.41, 5.74) is 1.04. The Hall–Kier alpha value is -2.43. The van der Waals surface area contributed by atoms with Gasteiger partial charge in [-0.3, -0.25) is 9.59 Å². The van der Waals surface area contributed by atoms with Gasteiger partial charge in [-0.1, -0.05) is 24.3 Å². The van der Waals surface area contributed by atoms with Crippen LogP contribution in [-0.2, 0) is 9.59 Å². The average Bonchev–Trinajstić information content (AvgIpc) is 3.14. The molecule has 1 aliphatic heterocycles. The zero-order valence-electron chi connectivity index (χ0n) is 12.0. The number of hydrogen-bond donors (Lipinski definition) is 0. The van der Waals surface area contributed by atoms with Crippen LogP contribution in [0.2, 0.25) is 0 Å². The van der Waals surface area contributed by atoms with Gasteiger partial charge in [0, 0.05) is 0 Å². The molecule has 2 bridgehead atoms. The van der Waals surface area contributed by atoms with Crippen LogP contribution >= 0.6 is 0 Å². The van der Waals surface area contributed by atoms with Crippen LogP contribution in [0.25, 0.3) is 0 Å². The summed E-state index contributed by atoms with van der Waals surface area (Å²) in [4.78, 5) is 37.7. The van der Waals surface area contributed by atoms with Crippen LogP contribution in [0.1, 0.15) is 22.3 Å². The first kappa shape index (κ1) is 13.2. The Kier molecular flexibility index (Phi) is 2.58. The molecule has 4 rings (SSSR count). The first-order valence-electron chi connectivity index (χ1n) is 7.37. The zero-order valence-corrected chi connectivity index (χ0v) is 12.0. The second-order valence-electron chi connectivity index (χ2n) is 6.30. The Morgan fingerprint density at radius 3 is 2.27 bits per heavy atom. The summed E-state index contributed by atoms with van der Waals surface area (Å²) in [6.07, 6.45) is 4.94. The number of amides is 2. The maximum atomic E-state index is 12.7. The Morgan fingerprint density at radius 1 is 1.14 bits per heavy atom. The molecule has 0 radical (unpaired) electrons. The van der Waals surface area contributed by atoms with Crippen molar-refractivity contribution in [2.24, 2.45) is 23.7 Å². The number of imide groups is 1. The van der Waals surface area contributed by atoms with Gasteiger partial charge < -0.3 is 9.90 Å². The van der Waals surface area contributed by atoms with Crippen LogP contribution < -0.4 is 10.0 Å². The summed E-state index contributed by atoms with van der Waals surface area (Å²) in [7, 11) is 0. The quantitative estimate of drug-likeness (QED) is 0.593. The summed E-state index contributed by atoms with van der Waals surface area (Å²) in [5, 5.41) is 11.0. The summed E-state index contributed by atoms with van der Waals surface area (Å²) in [6.45, 7) is 1.76. The minimum atomic E-state index is -1.32. The number of aromatic carboxylic acids is 1. The van der Waals surface area contributed by atoms with E-state index in [0.717, 1.165) is 6.42 Å². The van der Waals surface area contributed by atoms with E-state index < -0.39 is 5.97 Å². The predicted octanol–water partition coefficient (Wildman–Crippen LogP) is 0.670. The van der Waals surface area contributed by atoms with Crippen molar-refractivity contribution in [2.45, 2.75) is 13.3 Å². The number of rotatable bonds is 2. The van der Waals surface area contributed by atoms with Crippen LogP contribution in [0.5, 0.6) is 0 Å². The van der Waals surface area contributed by atoms with Crippen molar-refractivity contribution < 1.29 is 19.5 Å². The predicted molar refractivity (Wildman–Crippen MR) is 75.7 cm³/mol. The van der Waals surface area contributed by atoms with Crippen LogP contribution in [0, 0.1) is 30.6 Å². The molecular weight excluding hydrogens is 282 g/mol. The highest BCUT2D eigenvalue weighted by Gasteiger charge is 2.59. The molecule has 0 unspecified atom stereocenters. The number of carbonyl (C=O) groups is 3. The van der Waals surface area contributed by atoms with E-state index in [1.807, 2.05) is 12.2 Å². The number of fused-ring (bicyclic) bond motifs is 5. The van der Waals surface area contributed by atoms with Crippen molar-refractivity contribution in [3.8, 4) is 0 Å². The molecule has 4 atom stereocenters. The lowest BCUT2D eigenvalue weighted by Gasteiger charge is -2.20. The Labute approximate surface area is 127 Å². The fourth-order valence-electron chi connectivity index (χ4n) is 4.12. The van der Waals surface area contributed by atoms with Crippen molar-refractivity contribution in [1.29, 1.82) is 0 Å². The van der Waals surface area contributed by atoms with Gasteiger partial charge in [0.25, 0.3) is 0 Å². The topological polar surface area (TPSA) is 77.5 Å². The van der Waals surface area contributed by atoms with Gasteiger partial charge in [-0.15, -0.1) is 0 Å². The smallest absolute Gasteiger partial charge is 0.238 e. The van der Waals surface area contributed by atoms with Crippen molar-refractivity contribution in [1.82, 2.24) is 0 Å². The molecule has 22 heavy (non-hydrogen) atoms. The van der Waals surface area contributed by atoms with Gasteiger partial charge in [-0.05, 0) is 42.4 Å². The molecule has 1 saturated heterocycles. The molecule has 3 aliphatic rings. The third-order valence-electron chi connectivity index (χ3n) is 5.16. The number of nitrogens with zero attached hydrogens (tertiary/aromatic N) is 1. The summed E-state index contributed by atoms with van der Waals surface area (Å²) < 4.78 is 0. The maximum Gasteiger partial charge on any atom is 0.238 e. The molecule has 1 aromatic carbocycles. The Bertz CT molecular complexity index is 721. The molecule has 2 fully saturated rings. The largest absolute Gasteiger partial charge is 0.545 e.